The molecule has 7 heteroatoms. The van der Waals surface area contributed by atoms with Crippen molar-refractivity contribution in [1.29, 1.82) is 0 Å². The SMILES string of the molecule is Cc1ccc(Cc2nsc(N3CCC(CNC(=O)CCCl)CC3)n2)cc1. The molecule has 5 nitrogen and oxygen atoms in total. The van der Waals surface area contributed by atoms with Crippen LogP contribution in [0.4, 0.5) is 5.13 Å². The zero-order valence-electron chi connectivity index (χ0n) is 15.1. The average Bonchev–Trinajstić information content (AvgIpc) is 3.11. The Morgan fingerprint density at radius 2 is 2.04 bits per heavy atom. The van der Waals surface area contributed by atoms with E-state index in [-0.39, 0.29) is 5.91 Å². The molecule has 0 radical (unpaired) electrons. The van der Waals surface area contributed by atoms with Crippen LogP contribution in [-0.2, 0) is 11.2 Å². The fraction of sp³-hybridized carbons (Fsp3) is 0.526. The van der Waals surface area contributed by atoms with Crippen LogP contribution in [0.15, 0.2) is 24.3 Å². The van der Waals surface area contributed by atoms with Gasteiger partial charge in [-0.25, -0.2) is 4.98 Å². The topological polar surface area (TPSA) is 58.1 Å². The lowest BCUT2D eigenvalue weighted by molar-refractivity contribution is -0.120. The van der Waals surface area contributed by atoms with Gasteiger partial charge in [-0.15, -0.1) is 11.6 Å². The summed E-state index contributed by atoms with van der Waals surface area (Å²) in [7, 11) is 0. The quantitative estimate of drug-likeness (QED) is 0.733. The molecule has 0 unspecified atom stereocenters. The van der Waals surface area contributed by atoms with E-state index in [9.17, 15) is 4.79 Å². The summed E-state index contributed by atoms with van der Waals surface area (Å²) in [6, 6.07) is 8.53. The summed E-state index contributed by atoms with van der Waals surface area (Å²) in [6.07, 6.45) is 3.30. The predicted molar refractivity (Wildman–Crippen MR) is 107 cm³/mol. The van der Waals surface area contributed by atoms with Crippen molar-refractivity contribution in [2.45, 2.75) is 32.6 Å². The lowest BCUT2D eigenvalue weighted by atomic mass is 9.97. The number of carbonyl (C=O) groups excluding carboxylic acids is 1. The molecule has 2 heterocycles. The fourth-order valence-corrected chi connectivity index (χ4v) is 4.00. The number of nitrogens with one attached hydrogen (secondary N) is 1. The van der Waals surface area contributed by atoms with Crippen molar-refractivity contribution in [2.24, 2.45) is 5.92 Å². The van der Waals surface area contributed by atoms with Crippen molar-refractivity contribution in [3.05, 3.63) is 41.2 Å². The van der Waals surface area contributed by atoms with Gasteiger partial charge in [0, 0.05) is 49.9 Å². The molecule has 26 heavy (non-hydrogen) atoms. The number of anilines is 1. The second-order valence-electron chi connectivity index (χ2n) is 6.83. The molecule has 1 aliphatic rings. The van der Waals surface area contributed by atoms with Crippen LogP contribution in [-0.4, -0.2) is 40.8 Å². The van der Waals surface area contributed by atoms with Crippen LogP contribution in [0.25, 0.3) is 0 Å². The van der Waals surface area contributed by atoms with Gasteiger partial charge in [-0.2, -0.15) is 4.37 Å². The maximum absolute atomic E-state index is 11.5. The first-order valence-electron chi connectivity index (χ1n) is 9.10. The van der Waals surface area contributed by atoms with E-state index in [4.69, 9.17) is 16.6 Å². The number of rotatable bonds is 7. The average molecular weight is 393 g/mol. The van der Waals surface area contributed by atoms with E-state index < -0.39 is 0 Å². The molecule has 0 spiro atoms. The summed E-state index contributed by atoms with van der Waals surface area (Å²) < 4.78 is 4.53. The number of hydrogen-bond acceptors (Lipinski definition) is 5. The molecular formula is C19H25ClN4OS. The van der Waals surface area contributed by atoms with Crippen LogP contribution in [0.3, 0.4) is 0 Å². The molecule has 0 saturated carbocycles. The normalized spacial score (nSPS) is 15.2. The fourth-order valence-electron chi connectivity index (χ4n) is 3.09. The summed E-state index contributed by atoms with van der Waals surface area (Å²) in [5.41, 5.74) is 2.51. The van der Waals surface area contributed by atoms with E-state index in [1.807, 2.05) is 0 Å². The van der Waals surface area contributed by atoms with Gasteiger partial charge in [0.2, 0.25) is 11.0 Å². The molecule has 0 bridgehead atoms. The standard InChI is InChI=1S/C19H25ClN4OS/c1-14-2-4-15(5-3-14)12-17-22-19(26-23-17)24-10-7-16(8-11-24)13-21-18(25)6-9-20/h2-5,16H,6-13H2,1H3,(H,21,25). The third-order valence-corrected chi connectivity index (χ3v) is 5.74. The van der Waals surface area contributed by atoms with E-state index in [1.165, 1.54) is 22.7 Å². The van der Waals surface area contributed by atoms with Crippen molar-refractivity contribution in [2.75, 3.05) is 30.4 Å². The van der Waals surface area contributed by atoms with Crippen molar-refractivity contribution < 1.29 is 4.79 Å². The predicted octanol–water partition coefficient (Wildman–Crippen LogP) is 3.40. The van der Waals surface area contributed by atoms with Crippen LogP contribution in [0, 0.1) is 12.8 Å². The summed E-state index contributed by atoms with van der Waals surface area (Å²) in [5, 5.41) is 3.99. The second-order valence-corrected chi connectivity index (χ2v) is 7.94. The van der Waals surface area contributed by atoms with Crippen molar-refractivity contribution in [1.82, 2.24) is 14.7 Å². The Morgan fingerprint density at radius 1 is 1.31 bits per heavy atom. The molecule has 1 aliphatic heterocycles. The van der Waals surface area contributed by atoms with Gasteiger partial charge in [0.15, 0.2) is 0 Å². The molecule has 1 saturated heterocycles. The molecule has 2 aromatic rings. The largest absolute Gasteiger partial charge is 0.356 e. The smallest absolute Gasteiger partial charge is 0.221 e. The third kappa shape index (κ3) is 5.42. The number of alkyl halides is 1. The third-order valence-electron chi connectivity index (χ3n) is 4.73. The van der Waals surface area contributed by atoms with Crippen LogP contribution in [0.2, 0.25) is 0 Å². The van der Waals surface area contributed by atoms with E-state index in [0.29, 0.717) is 18.2 Å². The van der Waals surface area contributed by atoms with Crippen molar-refractivity contribution in [3.63, 3.8) is 0 Å². The van der Waals surface area contributed by atoms with Gasteiger partial charge >= 0.3 is 0 Å². The number of benzene rings is 1. The first-order chi connectivity index (χ1) is 12.6. The van der Waals surface area contributed by atoms with E-state index >= 15 is 0 Å². The number of amides is 1. The molecule has 140 valence electrons. The Hall–Kier alpha value is -1.66. The zero-order valence-corrected chi connectivity index (χ0v) is 16.7. The Bertz CT molecular complexity index is 711. The number of piperidine rings is 1. The van der Waals surface area contributed by atoms with E-state index in [0.717, 1.165) is 49.9 Å². The van der Waals surface area contributed by atoms with Crippen LogP contribution < -0.4 is 10.2 Å². The Morgan fingerprint density at radius 3 is 2.73 bits per heavy atom. The molecular weight excluding hydrogens is 368 g/mol. The van der Waals surface area contributed by atoms with Gasteiger partial charge in [0.1, 0.15) is 5.82 Å². The minimum absolute atomic E-state index is 0.0484. The molecule has 1 aromatic heterocycles. The summed E-state index contributed by atoms with van der Waals surface area (Å²) >= 11 is 7.07. The number of carbonyl (C=O) groups is 1. The van der Waals surface area contributed by atoms with Gasteiger partial charge in [-0.3, -0.25) is 4.79 Å². The van der Waals surface area contributed by atoms with Crippen molar-refractivity contribution in [3.8, 4) is 0 Å². The number of hydrogen-bond donors (Lipinski definition) is 1. The van der Waals surface area contributed by atoms with Gasteiger partial charge in [-0.1, -0.05) is 29.8 Å². The second kappa shape index (κ2) is 9.33. The first kappa shape index (κ1) is 19.1. The van der Waals surface area contributed by atoms with Crippen LogP contribution >= 0.6 is 23.1 Å². The van der Waals surface area contributed by atoms with Crippen LogP contribution in [0.1, 0.15) is 36.2 Å². The van der Waals surface area contributed by atoms with Crippen molar-refractivity contribution >= 4 is 34.2 Å². The maximum atomic E-state index is 11.5. The molecule has 1 N–H and O–H groups in total. The highest BCUT2D eigenvalue weighted by molar-refractivity contribution is 7.09. The molecule has 3 rings (SSSR count). The highest BCUT2D eigenvalue weighted by Gasteiger charge is 2.22. The van der Waals surface area contributed by atoms with Gasteiger partial charge < -0.3 is 10.2 Å². The van der Waals surface area contributed by atoms with Gasteiger partial charge in [0.05, 0.1) is 0 Å². The number of aromatic nitrogens is 2. The highest BCUT2D eigenvalue weighted by atomic mass is 35.5. The summed E-state index contributed by atoms with van der Waals surface area (Å²) in [6.45, 7) is 4.78. The summed E-state index contributed by atoms with van der Waals surface area (Å²) in [5.74, 6) is 1.86. The number of aryl methyl sites for hydroxylation is 1. The lowest BCUT2D eigenvalue weighted by Crippen LogP contribution is -2.38. The Labute approximate surface area is 163 Å². The summed E-state index contributed by atoms with van der Waals surface area (Å²) in [4.78, 5) is 18.6. The molecule has 1 fully saturated rings. The highest BCUT2D eigenvalue weighted by Crippen LogP contribution is 2.25. The number of halogens is 1. The Balaban J connectivity index is 1.47. The monoisotopic (exact) mass is 392 g/mol. The van der Waals surface area contributed by atoms with E-state index in [1.54, 1.807) is 0 Å². The molecule has 0 atom stereocenters. The molecule has 1 amide bonds. The molecule has 1 aromatic carbocycles. The van der Waals surface area contributed by atoms with Gasteiger partial charge in [-0.05, 0) is 31.2 Å². The lowest BCUT2D eigenvalue weighted by Gasteiger charge is -2.31. The van der Waals surface area contributed by atoms with E-state index in [2.05, 4.69) is 45.8 Å². The minimum atomic E-state index is 0.0484. The zero-order chi connectivity index (χ0) is 18.4. The maximum Gasteiger partial charge on any atom is 0.221 e. The first-order valence-corrected chi connectivity index (χ1v) is 10.4. The van der Waals surface area contributed by atoms with Crippen LogP contribution in [0.5, 0.6) is 0 Å². The molecule has 0 aliphatic carbocycles. The van der Waals surface area contributed by atoms with Gasteiger partial charge in [0.25, 0.3) is 0 Å². The minimum Gasteiger partial charge on any atom is -0.356 e. The Kier molecular flexibility index (Phi) is 6.86. The number of nitrogens with zero attached hydrogens (tertiary/aromatic N) is 3.